The van der Waals surface area contributed by atoms with Crippen LogP contribution in [-0.4, -0.2) is 143 Å². The number of esters is 2. The Balaban J connectivity index is 0.000000335. The summed E-state index contributed by atoms with van der Waals surface area (Å²) in [6.45, 7) is 39.3. The number of pyridine rings is 4. The van der Waals surface area contributed by atoms with Gasteiger partial charge in [0.2, 0.25) is 0 Å². The molecule has 0 unspecified atom stereocenters. The van der Waals surface area contributed by atoms with Crippen molar-refractivity contribution in [2.75, 3.05) is 57.0 Å². The first-order chi connectivity index (χ1) is 57.8. The number of ether oxygens (including phenoxy) is 5. The van der Waals surface area contributed by atoms with Crippen molar-refractivity contribution in [1.82, 2.24) is 19.9 Å². The summed E-state index contributed by atoms with van der Waals surface area (Å²) in [7, 11) is 12.5. The van der Waals surface area contributed by atoms with E-state index in [-0.39, 0.29) is 40.7 Å². The molecule has 0 aliphatic carbocycles. The molecule has 4 aromatic heterocycles. The number of carboxylic acid groups (broad SMARTS) is 1. The van der Waals surface area contributed by atoms with Gasteiger partial charge in [-0.3, -0.25) is 24.0 Å². The number of hydrogen-bond donors (Lipinski definition) is 1. The van der Waals surface area contributed by atoms with Crippen molar-refractivity contribution < 1.29 is 68.5 Å². The number of benzene rings is 7. The van der Waals surface area contributed by atoms with E-state index < -0.39 is 45.9 Å². The lowest BCUT2D eigenvalue weighted by Gasteiger charge is -2.30. The van der Waals surface area contributed by atoms with Crippen LogP contribution in [-0.2, 0) is 23.9 Å². The summed E-state index contributed by atoms with van der Waals surface area (Å²) in [6.07, 6.45) is 8.69. The highest BCUT2D eigenvalue weighted by Crippen LogP contribution is 2.35. The Morgan fingerprint density at radius 3 is 0.927 bits per heavy atom. The average Bonchev–Trinajstić information content (AvgIpc) is 0.478. The van der Waals surface area contributed by atoms with Crippen LogP contribution in [0.2, 0.25) is 5.15 Å². The summed E-state index contributed by atoms with van der Waals surface area (Å²) < 4.78 is 34.4. The maximum Gasteiger partial charge on any atom is 0.350 e. The summed E-state index contributed by atoms with van der Waals surface area (Å²) in [6, 6.07) is 49.3. The predicted molar refractivity (Wildman–Crippen MR) is 508 cm³/mol. The molecule has 1 N–H and O–H groups in total. The highest BCUT2D eigenvalue weighted by molar-refractivity contribution is 6.33. The van der Waals surface area contributed by atoms with Crippen LogP contribution in [0, 0.1) is 41.5 Å². The second-order valence-electron chi connectivity index (χ2n) is 33.8. The minimum absolute atomic E-state index is 0. The quantitative estimate of drug-likeness (QED) is 0.0230. The van der Waals surface area contributed by atoms with E-state index >= 15 is 0 Å². The van der Waals surface area contributed by atoms with Crippen LogP contribution < -0.4 is 28.9 Å². The lowest BCUT2D eigenvalue weighted by atomic mass is 10.0. The Kier molecular flexibility index (Phi) is 36.9. The first kappa shape index (κ1) is 102. The molecular weight excluding hydrogens is 1610 g/mol. The van der Waals surface area contributed by atoms with Crippen LogP contribution in [0.4, 0.5) is 17.5 Å². The van der Waals surface area contributed by atoms with E-state index in [0.717, 1.165) is 100 Å². The number of hydrogen-bond acceptors (Lipinski definition) is 20. The number of aromatic nitrogens is 4. The third kappa shape index (κ3) is 29.2. The second kappa shape index (κ2) is 44.7. The van der Waals surface area contributed by atoms with Crippen molar-refractivity contribution >= 4 is 145 Å². The largest absolute Gasteiger partial charge is 0.478 e. The van der Waals surface area contributed by atoms with Gasteiger partial charge in [-0.2, -0.15) is 0 Å². The number of para-hydroxylation sites is 4. The van der Waals surface area contributed by atoms with Crippen molar-refractivity contribution in [3.05, 3.63) is 247 Å². The Morgan fingerprint density at radius 1 is 0.411 bits per heavy atom. The lowest BCUT2D eigenvalue weighted by Crippen LogP contribution is -2.43. The van der Waals surface area contributed by atoms with Crippen LogP contribution in [0.5, 0.6) is 17.2 Å². The molecule has 0 saturated heterocycles. The molecule has 0 amide bonds. The van der Waals surface area contributed by atoms with Gasteiger partial charge in [-0.25, -0.2) is 34.3 Å². The zero-order valence-corrected chi connectivity index (χ0v) is 78.8. The molecule has 0 bridgehead atoms. The predicted octanol–water partition coefficient (Wildman–Crippen LogP) is 23.1. The van der Waals surface area contributed by atoms with Crippen LogP contribution >= 0.6 is 24.0 Å². The molecule has 124 heavy (non-hydrogen) atoms. The Labute approximate surface area is 744 Å². The normalized spacial score (nSPS) is 11.3. The molecule has 0 atom stereocenters. The number of ketones is 4. The van der Waals surface area contributed by atoms with E-state index in [0.29, 0.717) is 56.7 Å². The maximum absolute atomic E-state index is 13.2. The third-order valence-corrected chi connectivity index (χ3v) is 18.4. The van der Waals surface area contributed by atoms with Gasteiger partial charge in [0.1, 0.15) is 57.3 Å². The summed E-state index contributed by atoms with van der Waals surface area (Å²) in [5.41, 5.74) is 8.09. The highest BCUT2D eigenvalue weighted by Gasteiger charge is 2.38. The van der Waals surface area contributed by atoms with E-state index in [9.17, 15) is 43.5 Å². The van der Waals surface area contributed by atoms with Crippen molar-refractivity contribution in [3.63, 3.8) is 0 Å². The van der Waals surface area contributed by atoms with Crippen molar-refractivity contribution in [2.24, 2.45) is 0 Å². The summed E-state index contributed by atoms with van der Waals surface area (Å²) in [5, 5.41) is 13.4. The van der Waals surface area contributed by atoms with Gasteiger partial charge in [-0.1, -0.05) is 124 Å². The number of aryl methyl sites for hydroxylation is 6. The van der Waals surface area contributed by atoms with E-state index in [2.05, 4.69) is 33.8 Å². The van der Waals surface area contributed by atoms with Crippen LogP contribution in [0.25, 0.3) is 55.8 Å². The minimum Gasteiger partial charge on any atom is -0.478 e. The number of nitrogens with zero attached hydrogens (tertiary/aromatic N) is 7. The second-order valence-corrected chi connectivity index (χ2v) is 34.1. The SMILES string of the molecule is CC(=O)c1cc2ccccc2nc1Cl.CC(=O)c1cc2ccccc2nc1N(C)C.CCC.Cc1cc(/C=C/C(=O)c2cc3ccccc3nc2N(C)C)cc(C)c1OC(C)(C)C(=O)O.Cc1cc(/C=C/C(=O)c2cc3ccccc3nc2N(C)C)cc(C)c1OC(C)(C)C(=O)OC(C)(C)C.Cc1cc(C=O)cc(C)c1OC(C)(C)C(=O)OC(C)(C)C.Cl.[3H]C. The van der Waals surface area contributed by atoms with E-state index in [1.165, 1.54) is 40.7 Å². The smallest absolute Gasteiger partial charge is 0.350 e. The van der Waals surface area contributed by atoms with Crippen LogP contribution in [0.3, 0.4) is 0 Å². The standard InChI is InChI=1S/C30H36N2O4.C26H28N2O4.C17H24O4.C13H14N2O.C11H8ClNO.C3H8.CH4.ClH/c1-19-16-21(17-20(2)26(19)35-30(6,7)28(34)36-29(3,4)5)14-15-25(33)23-18-22-12-10-11-13-24(22)31-27(23)32(8)9;1-16-13-18(14-17(2)23(16)32-26(3,4)25(30)31)11-12-22(29)20-15-19-9-7-8-10-21(19)27-24(20)28(5)6;1-11-8-13(10-18)9-12(2)14(11)20-17(6,7)15(19)21-16(3,4)5;1-9(16)11-8-10-6-4-5-7-12(10)14-13(11)15(2)3;1-7(14)9-6-8-4-2-3-5-10(8)13-11(9)12;1-3-2;;/h10-18H,1-9H3;7-15H,1-6H3,(H,30,31);8-10H,1-7H3;4-8H,1-3H3;2-6H,1H3;3H2,1-2H3;1H4;1H/b15-14+;12-11+;;;;;;/i;;;;;;1T;. The molecule has 0 spiro atoms. The van der Waals surface area contributed by atoms with Crippen molar-refractivity contribution in [2.45, 2.75) is 194 Å². The number of Topliss-reactive ketones (excluding diaryl/α,β-unsaturated/α-hetero) is 2. The van der Waals surface area contributed by atoms with Gasteiger partial charge in [0.05, 0.1) is 44.3 Å². The summed E-state index contributed by atoms with van der Waals surface area (Å²) >= 11 is 5.87. The van der Waals surface area contributed by atoms with Gasteiger partial charge < -0.3 is 43.5 Å². The molecule has 660 valence electrons. The number of fused-ring (bicyclic) bond motifs is 4. The van der Waals surface area contributed by atoms with Gasteiger partial charge >= 0.3 is 17.9 Å². The first-order valence-corrected chi connectivity index (χ1v) is 40.5. The Morgan fingerprint density at radius 2 is 0.661 bits per heavy atom. The fourth-order valence-corrected chi connectivity index (χ4v) is 12.5. The fourth-order valence-electron chi connectivity index (χ4n) is 12.2. The number of rotatable bonds is 21. The summed E-state index contributed by atoms with van der Waals surface area (Å²) in [5.74, 6) is 1.57. The molecule has 4 heterocycles. The Bertz CT molecular complexity index is 5690. The number of aliphatic carboxylic acids is 1. The monoisotopic (exact) mass is 1730 g/mol. The van der Waals surface area contributed by atoms with E-state index in [1.54, 1.807) is 71.0 Å². The van der Waals surface area contributed by atoms with Gasteiger partial charge in [0, 0.05) is 70.8 Å². The zero-order valence-electron chi connectivity index (χ0n) is 78.3. The molecule has 0 aliphatic heterocycles. The fraction of sp³-hybridized carbons (Fsp3) is 0.347. The number of anilines is 3. The number of carbonyl (C=O) groups is 8. The zero-order chi connectivity index (χ0) is 93.4. The van der Waals surface area contributed by atoms with Gasteiger partial charge in [0.15, 0.2) is 39.9 Å². The molecule has 11 rings (SSSR count). The maximum atomic E-state index is 13.2. The number of aldehydes is 1. The molecular formula is C101H123Cl2N7O14. The highest BCUT2D eigenvalue weighted by atomic mass is 35.5. The molecule has 0 fully saturated rings. The minimum atomic E-state index is -1.34. The van der Waals surface area contributed by atoms with Crippen LogP contribution in [0.15, 0.2) is 170 Å². The molecule has 21 nitrogen and oxygen atoms in total. The molecule has 23 heteroatoms. The van der Waals surface area contributed by atoms with Gasteiger partial charge in [-0.15, -0.1) is 12.4 Å². The average molecular weight is 1730 g/mol. The molecule has 0 radical (unpaired) electrons. The number of carbonyl (C=O) groups excluding carboxylic acids is 7. The molecule has 11 aromatic rings. The first-order valence-electron chi connectivity index (χ1n) is 41.1. The third-order valence-electron chi connectivity index (χ3n) is 18.2. The number of carboxylic acids is 1. The van der Waals surface area contributed by atoms with Crippen molar-refractivity contribution in [1.29, 1.82) is 0 Å². The lowest BCUT2D eigenvalue weighted by molar-refractivity contribution is -0.171. The summed E-state index contributed by atoms with van der Waals surface area (Å²) in [4.78, 5) is 120. The molecule has 0 aliphatic rings. The van der Waals surface area contributed by atoms with Crippen molar-refractivity contribution in [3.8, 4) is 17.2 Å². The Hall–Kier alpha value is -12.2. The molecule has 0 saturated carbocycles. The number of halogens is 2. The topological polar surface area (TPSA) is 264 Å². The number of allylic oxidation sites excluding steroid dienone is 2. The van der Waals surface area contributed by atoms with E-state index in [4.69, 9.17) is 36.7 Å². The van der Waals surface area contributed by atoms with E-state index in [1.807, 2.05) is 280 Å². The van der Waals surface area contributed by atoms with Crippen LogP contribution in [0.1, 0.15) is 222 Å². The van der Waals surface area contributed by atoms with Gasteiger partial charge in [0.25, 0.3) is 0 Å². The van der Waals surface area contributed by atoms with Gasteiger partial charge in [-0.05, 0) is 280 Å². The molecule has 7 aromatic carbocycles.